The van der Waals surface area contributed by atoms with Crippen LogP contribution in [-0.2, 0) is 13.6 Å². The summed E-state index contributed by atoms with van der Waals surface area (Å²) in [5.74, 6) is 1.52. The van der Waals surface area contributed by atoms with Gasteiger partial charge in [0.1, 0.15) is 0 Å². The molecular weight excluding hydrogens is 250 g/mol. The lowest BCUT2D eigenvalue weighted by atomic mass is 10.2. The molecular formula is C15H15N5. The topological polar surface area (TPSA) is 69.6 Å². The van der Waals surface area contributed by atoms with Gasteiger partial charge in [-0.05, 0) is 12.1 Å². The van der Waals surface area contributed by atoms with Crippen molar-refractivity contribution < 1.29 is 0 Å². The van der Waals surface area contributed by atoms with Crippen LogP contribution in [0, 0.1) is 0 Å². The molecule has 0 unspecified atom stereocenters. The number of aromatic nitrogens is 4. The van der Waals surface area contributed by atoms with Gasteiger partial charge in [-0.25, -0.2) is 9.67 Å². The zero-order valence-electron chi connectivity index (χ0n) is 11.2. The van der Waals surface area contributed by atoms with Crippen molar-refractivity contribution in [3.8, 4) is 22.8 Å². The van der Waals surface area contributed by atoms with Gasteiger partial charge in [0, 0.05) is 30.9 Å². The molecule has 0 aliphatic carbocycles. The van der Waals surface area contributed by atoms with Gasteiger partial charge in [-0.3, -0.25) is 4.98 Å². The Balaban J connectivity index is 2.05. The van der Waals surface area contributed by atoms with Crippen LogP contribution < -0.4 is 5.73 Å². The summed E-state index contributed by atoms with van der Waals surface area (Å²) in [6.45, 7) is 0.414. The van der Waals surface area contributed by atoms with Crippen LogP contribution in [0.5, 0.6) is 0 Å². The van der Waals surface area contributed by atoms with Crippen LogP contribution in [0.2, 0.25) is 0 Å². The standard InChI is InChI=1S/C15H15N5/c1-20-15(12-7-8-17-13(9-12)10-16)18-14(19-20)11-5-3-2-4-6-11/h2-9H,10,16H2,1H3. The fourth-order valence-corrected chi connectivity index (χ4v) is 2.07. The maximum Gasteiger partial charge on any atom is 0.181 e. The molecule has 0 fully saturated rings. The van der Waals surface area contributed by atoms with Crippen molar-refractivity contribution in [2.75, 3.05) is 0 Å². The van der Waals surface area contributed by atoms with E-state index in [-0.39, 0.29) is 0 Å². The van der Waals surface area contributed by atoms with E-state index >= 15 is 0 Å². The third-order valence-corrected chi connectivity index (χ3v) is 3.08. The van der Waals surface area contributed by atoms with E-state index in [4.69, 9.17) is 5.73 Å². The van der Waals surface area contributed by atoms with Crippen LogP contribution >= 0.6 is 0 Å². The second-order valence-electron chi connectivity index (χ2n) is 4.49. The first-order chi connectivity index (χ1) is 9.78. The molecule has 0 aliphatic rings. The van der Waals surface area contributed by atoms with E-state index in [1.165, 1.54) is 0 Å². The summed E-state index contributed by atoms with van der Waals surface area (Å²) < 4.78 is 1.78. The SMILES string of the molecule is Cn1nc(-c2ccccc2)nc1-c1ccnc(CN)c1. The molecule has 3 aromatic rings. The molecule has 0 amide bonds. The van der Waals surface area contributed by atoms with Crippen LogP contribution in [0.25, 0.3) is 22.8 Å². The number of benzene rings is 1. The average molecular weight is 265 g/mol. The lowest BCUT2D eigenvalue weighted by molar-refractivity contribution is 0.776. The number of aryl methyl sites for hydroxylation is 1. The number of nitrogens with two attached hydrogens (primary N) is 1. The van der Waals surface area contributed by atoms with Gasteiger partial charge < -0.3 is 5.73 Å². The second-order valence-corrected chi connectivity index (χ2v) is 4.49. The smallest absolute Gasteiger partial charge is 0.181 e. The average Bonchev–Trinajstić information content (AvgIpc) is 2.90. The lowest BCUT2D eigenvalue weighted by Crippen LogP contribution is -2.00. The van der Waals surface area contributed by atoms with Gasteiger partial charge >= 0.3 is 0 Å². The second kappa shape index (κ2) is 5.22. The highest BCUT2D eigenvalue weighted by atomic mass is 15.3. The molecule has 1 aromatic carbocycles. The molecule has 3 rings (SSSR count). The van der Waals surface area contributed by atoms with Gasteiger partial charge in [0.05, 0.1) is 5.69 Å². The zero-order chi connectivity index (χ0) is 13.9. The molecule has 5 nitrogen and oxygen atoms in total. The minimum Gasteiger partial charge on any atom is -0.325 e. The van der Waals surface area contributed by atoms with E-state index in [2.05, 4.69) is 15.1 Å². The summed E-state index contributed by atoms with van der Waals surface area (Å²) in [5.41, 5.74) is 8.44. The van der Waals surface area contributed by atoms with Gasteiger partial charge in [-0.1, -0.05) is 30.3 Å². The van der Waals surface area contributed by atoms with Crippen LogP contribution in [0.15, 0.2) is 48.7 Å². The van der Waals surface area contributed by atoms with Crippen molar-refractivity contribution in [1.29, 1.82) is 0 Å². The first-order valence-corrected chi connectivity index (χ1v) is 6.40. The minimum atomic E-state index is 0.414. The third-order valence-electron chi connectivity index (χ3n) is 3.08. The first-order valence-electron chi connectivity index (χ1n) is 6.40. The van der Waals surface area contributed by atoms with Crippen LogP contribution in [0.4, 0.5) is 0 Å². The fraction of sp³-hybridized carbons (Fsp3) is 0.133. The van der Waals surface area contributed by atoms with E-state index in [0.29, 0.717) is 12.4 Å². The Hall–Kier alpha value is -2.53. The van der Waals surface area contributed by atoms with Crippen molar-refractivity contribution in [2.45, 2.75) is 6.54 Å². The molecule has 2 N–H and O–H groups in total. The maximum absolute atomic E-state index is 5.63. The molecule has 2 heterocycles. The van der Waals surface area contributed by atoms with Crippen LogP contribution in [0.1, 0.15) is 5.69 Å². The summed E-state index contributed by atoms with van der Waals surface area (Å²) in [6, 6.07) is 13.8. The van der Waals surface area contributed by atoms with Gasteiger partial charge in [-0.2, -0.15) is 5.10 Å². The molecule has 0 radical (unpaired) electrons. The Morgan fingerprint density at radius 1 is 1.10 bits per heavy atom. The van der Waals surface area contributed by atoms with Crippen molar-refractivity contribution in [3.63, 3.8) is 0 Å². The number of pyridine rings is 1. The zero-order valence-corrected chi connectivity index (χ0v) is 11.2. The monoisotopic (exact) mass is 265 g/mol. The molecule has 20 heavy (non-hydrogen) atoms. The highest BCUT2D eigenvalue weighted by molar-refractivity contribution is 5.61. The molecule has 5 heteroatoms. The largest absolute Gasteiger partial charge is 0.325 e. The van der Waals surface area contributed by atoms with E-state index < -0.39 is 0 Å². The Kier molecular flexibility index (Phi) is 3.26. The van der Waals surface area contributed by atoms with E-state index in [1.54, 1.807) is 10.9 Å². The summed E-state index contributed by atoms with van der Waals surface area (Å²) in [7, 11) is 1.89. The summed E-state index contributed by atoms with van der Waals surface area (Å²) >= 11 is 0. The van der Waals surface area contributed by atoms with Crippen LogP contribution in [0.3, 0.4) is 0 Å². The first kappa shape index (κ1) is 12.5. The van der Waals surface area contributed by atoms with Gasteiger partial charge in [0.25, 0.3) is 0 Å². The summed E-state index contributed by atoms with van der Waals surface area (Å²) in [5, 5.41) is 4.47. The predicted molar refractivity (Wildman–Crippen MR) is 77.6 cm³/mol. The lowest BCUT2D eigenvalue weighted by Gasteiger charge is -2.01. The number of rotatable bonds is 3. The van der Waals surface area contributed by atoms with Crippen molar-refractivity contribution in [3.05, 3.63) is 54.4 Å². The minimum absolute atomic E-state index is 0.414. The fourth-order valence-electron chi connectivity index (χ4n) is 2.07. The molecule has 0 spiro atoms. The molecule has 0 aliphatic heterocycles. The van der Waals surface area contributed by atoms with Crippen molar-refractivity contribution in [1.82, 2.24) is 19.7 Å². The number of hydrogen-bond donors (Lipinski definition) is 1. The van der Waals surface area contributed by atoms with Crippen molar-refractivity contribution >= 4 is 0 Å². The maximum atomic E-state index is 5.63. The Morgan fingerprint density at radius 3 is 2.65 bits per heavy atom. The molecule has 0 atom stereocenters. The Bertz CT molecular complexity index is 718. The van der Waals surface area contributed by atoms with Crippen LogP contribution in [-0.4, -0.2) is 19.7 Å². The summed E-state index contributed by atoms with van der Waals surface area (Å²) in [6.07, 6.45) is 1.74. The Morgan fingerprint density at radius 2 is 1.90 bits per heavy atom. The molecule has 2 aromatic heterocycles. The quantitative estimate of drug-likeness (QED) is 0.786. The number of hydrogen-bond acceptors (Lipinski definition) is 4. The molecule has 0 bridgehead atoms. The molecule has 0 saturated carbocycles. The van der Waals surface area contributed by atoms with Gasteiger partial charge in [0.2, 0.25) is 0 Å². The highest BCUT2D eigenvalue weighted by Gasteiger charge is 2.11. The Labute approximate surface area is 117 Å². The highest BCUT2D eigenvalue weighted by Crippen LogP contribution is 2.21. The summed E-state index contributed by atoms with van der Waals surface area (Å²) in [4.78, 5) is 8.80. The molecule has 0 saturated heterocycles. The van der Waals surface area contributed by atoms with E-state index in [0.717, 1.165) is 22.6 Å². The number of nitrogens with zero attached hydrogens (tertiary/aromatic N) is 4. The van der Waals surface area contributed by atoms with E-state index in [1.807, 2.05) is 49.5 Å². The molecule has 100 valence electrons. The third kappa shape index (κ3) is 2.31. The predicted octanol–water partition coefficient (Wildman–Crippen LogP) is 2.00. The van der Waals surface area contributed by atoms with E-state index in [9.17, 15) is 0 Å². The normalized spacial score (nSPS) is 10.7. The van der Waals surface area contributed by atoms with Crippen molar-refractivity contribution in [2.24, 2.45) is 12.8 Å². The van der Waals surface area contributed by atoms with Gasteiger partial charge in [-0.15, -0.1) is 0 Å². The van der Waals surface area contributed by atoms with Gasteiger partial charge in [0.15, 0.2) is 11.6 Å².